The summed E-state index contributed by atoms with van der Waals surface area (Å²) >= 11 is 0. The van der Waals surface area contributed by atoms with E-state index >= 15 is 0 Å². The van der Waals surface area contributed by atoms with E-state index in [9.17, 15) is 28.8 Å². The number of carbonyl (C=O) groups excluding carboxylic acids is 6. The molecule has 1 rings (SSSR count). The quantitative estimate of drug-likeness (QED) is 0.0428. The zero-order valence-corrected chi connectivity index (χ0v) is 37.3. The van der Waals surface area contributed by atoms with Crippen molar-refractivity contribution in [3.63, 3.8) is 0 Å². The van der Waals surface area contributed by atoms with E-state index in [0.717, 1.165) is 19.3 Å². The average Bonchev–Trinajstić information content (AvgIpc) is 3.24. The van der Waals surface area contributed by atoms with Gasteiger partial charge in [-0.2, -0.15) is 0 Å². The maximum Gasteiger partial charge on any atom is 0.252 e. The summed E-state index contributed by atoms with van der Waals surface area (Å²) < 4.78 is 0. The highest BCUT2D eigenvalue weighted by atomic mass is 16.2. The minimum Gasteiger partial charge on any atom is -0.368 e. The summed E-state index contributed by atoms with van der Waals surface area (Å²) in [6.07, 6.45) is 21.5. The molecule has 348 valence electrons. The molecular formula is C45H82N10O6. The second-order valence-corrected chi connectivity index (χ2v) is 16.2. The Kier molecular flexibility index (Phi) is 31.9. The Morgan fingerprint density at radius 3 is 1.28 bits per heavy atom. The van der Waals surface area contributed by atoms with Crippen LogP contribution in [0.1, 0.15) is 171 Å². The smallest absolute Gasteiger partial charge is 0.252 e. The molecule has 0 aliphatic heterocycles. The second-order valence-electron chi connectivity index (χ2n) is 16.2. The number of nitrogens with two attached hydrogens (primary N) is 5. The van der Waals surface area contributed by atoms with Crippen LogP contribution in [-0.4, -0.2) is 85.8 Å². The third-order valence-electron chi connectivity index (χ3n) is 10.8. The van der Waals surface area contributed by atoms with Crippen LogP contribution in [0.25, 0.3) is 0 Å². The summed E-state index contributed by atoms with van der Waals surface area (Å²) in [5, 5.41) is 13.7. The van der Waals surface area contributed by atoms with Crippen molar-refractivity contribution in [2.45, 2.75) is 185 Å². The lowest BCUT2D eigenvalue weighted by atomic mass is 10.0. The largest absolute Gasteiger partial charge is 0.368 e. The Hall–Kier alpha value is -4.12. The second kappa shape index (κ2) is 35.5. The topological polar surface area (TPSA) is 293 Å². The van der Waals surface area contributed by atoms with Crippen LogP contribution in [0.5, 0.6) is 0 Å². The van der Waals surface area contributed by atoms with Gasteiger partial charge in [-0.25, -0.2) is 0 Å². The molecule has 0 bridgehead atoms. The van der Waals surface area contributed by atoms with Gasteiger partial charge in [0.05, 0.1) is 0 Å². The van der Waals surface area contributed by atoms with Gasteiger partial charge in [0.1, 0.15) is 24.2 Å². The number of primary amides is 1. The van der Waals surface area contributed by atoms with Crippen LogP contribution in [0.3, 0.4) is 0 Å². The number of anilines is 1. The van der Waals surface area contributed by atoms with Crippen molar-refractivity contribution >= 4 is 41.1 Å². The van der Waals surface area contributed by atoms with Crippen molar-refractivity contribution < 1.29 is 28.8 Å². The van der Waals surface area contributed by atoms with E-state index in [4.69, 9.17) is 28.7 Å². The van der Waals surface area contributed by atoms with E-state index in [1.165, 1.54) is 77.0 Å². The van der Waals surface area contributed by atoms with Crippen LogP contribution in [0.15, 0.2) is 24.3 Å². The molecule has 15 N–H and O–H groups in total. The normalized spacial score (nSPS) is 13.1. The lowest BCUT2D eigenvalue weighted by molar-refractivity contribution is -0.134. The summed E-state index contributed by atoms with van der Waals surface area (Å²) in [4.78, 5) is 78.8. The van der Waals surface area contributed by atoms with Crippen LogP contribution in [0.4, 0.5) is 5.69 Å². The van der Waals surface area contributed by atoms with Crippen molar-refractivity contribution in [2.75, 3.05) is 31.5 Å². The molecule has 0 aliphatic rings. The van der Waals surface area contributed by atoms with Gasteiger partial charge in [-0.1, -0.05) is 103 Å². The number of rotatable bonds is 38. The number of nitrogens with one attached hydrogen (secondary N) is 5. The van der Waals surface area contributed by atoms with Gasteiger partial charge < -0.3 is 55.3 Å². The molecule has 0 aliphatic carbocycles. The van der Waals surface area contributed by atoms with Gasteiger partial charge >= 0.3 is 0 Å². The molecule has 0 aromatic heterocycles. The molecule has 4 unspecified atom stereocenters. The van der Waals surface area contributed by atoms with Crippen molar-refractivity contribution in [2.24, 2.45) is 28.7 Å². The molecule has 0 fully saturated rings. The van der Waals surface area contributed by atoms with Crippen LogP contribution >= 0.6 is 0 Å². The lowest BCUT2D eigenvalue weighted by Crippen LogP contribution is -2.58. The highest BCUT2D eigenvalue weighted by Gasteiger charge is 2.31. The van der Waals surface area contributed by atoms with Gasteiger partial charge in [0.25, 0.3) is 5.91 Å². The lowest BCUT2D eigenvalue weighted by Gasteiger charge is -2.26. The number of amides is 6. The summed E-state index contributed by atoms with van der Waals surface area (Å²) in [5.41, 5.74) is 29.0. The predicted octanol–water partition coefficient (Wildman–Crippen LogP) is 3.88. The predicted molar refractivity (Wildman–Crippen MR) is 244 cm³/mol. The molecule has 0 radical (unpaired) electrons. The Morgan fingerprint density at radius 1 is 0.492 bits per heavy atom. The Bertz CT molecular complexity index is 1400. The molecule has 16 nitrogen and oxygen atoms in total. The molecule has 16 heteroatoms. The molecule has 0 spiro atoms. The van der Waals surface area contributed by atoms with Crippen molar-refractivity contribution in [3.05, 3.63) is 29.8 Å². The summed E-state index contributed by atoms with van der Waals surface area (Å²) in [7, 11) is 0. The molecular weight excluding hydrogens is 777 g/mol. The van der Waals surface area contributed by atoms with Gasteiger partial charge in [0.2, 0.25) is 29.5 Å². The zero-order valence-electron chi connectivity index (χ0n) is 37.3. The van der Waals surface area contributed by atoms with E-state index < -0.39 is 53.7 Å². The first-order chi connectivity index (χ1) is 29.5. The van der Waals surface area contributed by atoms with Gasteiger partial charge in [-0.15, -0.1) is 0 Å². The molecule has 0 saturated heterocycles. The summed E-state index contributed by atoms with van der Waals surface area (Å²) in [6.45, 7) is 3.29. The van der Waals surface area contributed by atoms with Crippen LogP contribution in [0.2, 0.25) is 0 Å². The van der Waals surface area contributed by atoms with E-state index in [1.807, 2.05) is 0 Å². The van der Waals surface area contributed by atoms with Gasteiger partial charge in [0.15, 0.2) is 0 Å². The van der Waals surface area contributed by atoms with Gasteiger partial charge in [-0.3, -0.25) is 28.8 Å². The number of hydrogen-bond donors (Lipinski definition) is 10. The van der Waals surface area contributed by atoms with Crippen molar-refractivity contribution in [1.29, 1.82) is 0 Å². The SMILES string of the molecule is CCCCCCCCCCCCCCCCCC(=O)Nc1cccc(C(=O)NC(CCCN)C(=O)NC(CCCN)C(=O)NC(CCCN)C(=O)NC(CCCN)C(N)=O)c1. The van der Waals surface area contributed by atoms with Gasteiger partial charge in [0, 0.05) is 17.7 Å². The fraction of sp³-hybridized carbons (Fsp3) is 0.733. The molecule has 0 heterocycles. The standard InChI is InChI=1S/C45H82N10O6/c1-2-3-4-5-6-7-8-9-10-11-12-13-14-15-16-28-40(56)51-35-23-17-22-34(33-35)42(58)53-37(25-19-30-47)44(60)55-39(27-21-32-49)45(61)54-38(26-20-31-48)43(59)52-36(41(50)57)24-18-29-46/h17,22-23,33,36-39H,2-16,18-21,24-32,46-49H2,1H3,(H2,50,57)(H,51,56)(H,52,59)(H,53,58)(H,54,61)(H,55,60). The first-order valence-corrected chi connectivity index (χ1v) is 23.2. The van der Waals surface area contributed by atoms with Crippen molar-refractivity contribution in [3.8, 4) is 0 Å². The zero-order chi connectivity index (χ0) is 45.1. The number of hydrogen-bond acceptors (Lipinski definition) is 10. The Labute approximate surface area is 365 Å². The van der Waals surface area contributed by atoms with E-state index in [2.05, 4.69) is 33.5 Å². The first kappa shape index (κ1) is 54.9. The first-order valence-electron chi connectivity index (χ1n) is 23.2. The van der Waals surface area contributed by atoms with Crippen molar-refractivity contribution in [1.82, 2.24) is 21.3 Å². The highest BCUT2D eigenvalue weighted by Crippen LogP contribution is 2.16. The fourth-order valence-corrected chi connectivity index (χ4v) is 7.06. The highest BCUT2D eigenvalue weighted by molar-refractivity contribution is 6.00. The minimum absolute atomic E-state index is 0.128. The number of benzene rings is 1. The fourth-order valence-electron chi connectivity index (χ4n) is 7.06. The van der Waals surface area contributed by atoms with E-state index in [-0.39, 0.29) is 56.8 Å². The van der Waals surface area contributed by atoms with E-state index in [1.54, 1.807) is 24.3 Å². The minimum atomic E-state index is -1.10. The van der Waals surface area contributed by atoms with Crippen LogP contribution in [-0.2, 0) is 24.0 Å². The Balaban J connectivity index is 2.76. The average molecular weight is 859 g/mol. The molecule has 0 saturated carbocycles. The third-order valence-corrected chi connectivity index (χ3v) is 10.8. The molecule has 1 aromatic carbocycles. The van der Waals surface area contributed by atoms with E-state index in [0.29, 0.717) is 44.3 Å². The molecule has 1 aromatic rings. The van der Waals surface area contributed by atoms with Crippen LogP contribution < -0.4 is 55.3 Å². The monoisotopic (exact) mass is 859 g/mol. The van der Waals surface area contributed by atoms with Crippen LogP contribution in [0, 0.1) is 0 Å². The summed E-state index contributed by atoms with van der Waals surface area (Å²) in [6, 6.07) is 2.29. The number of unbranched alkanes of at least 4 members (excludes halogenated alkanes) is 14. The maximum absolute atomic E-state index is 13.7. The Morgan fingerprint density at radius 2 is 0.869 bits per heavy atom. The molecule has 4 atom stereocenters. The maximum atomic E-state index is 13.7. The summed E-state index contributed by atoms with van der Waals surface area (Å²) in [5.74, 6) is -3.29. The number of carbonyl (C=O) groups is 6. The third kappa shape index (κ3) is 26.1. The van der Waals surface area contributed by atoms with Gasteiger partial charge in [-0.05, 0) is 102 Å². The molecule has 61 heavy (non-hydrogen) atoms. The molecule has 6 amide bonds.